The Balaban J connectivity index is 1.66. The summed E-state index contributed by atoms with van der Waals surface area (Å²) in [6, 6.07) is 12.2. The number of fused-ring (bicyclic) bond motifs is 1. The van der Waals surface area contributed by atoms with Gasteiger partial charge < -0.3 is 20.9 Å². The molecule has 0 radical (unpaired) electrons. The van der Waals surface area contributed by atoms with Gasteiger partial charge in [-0.3, -0.25) is 0 Å². The number of aryl methyl sites for hydroxylation is 1. The molecule has 0 atom stereocenters. The van der Waals surface area contributed by atoms with Gasteiger partial charge in [-0.05, 0) is 54.1 Å². The zero-order valence-electron chi connectivity index (χ0n) is 17.2. The molecule has 0 fully saturated rings. The van der Waals surface area contributed by atoms with Crippen LogP contribution in [0, 0.1) is 0 Å². The number of anilines is 1. The van der Waals surface area contributed by atoms with E-state index in [1.54, 1.807) is 0 Å². The van der Waals surface area contributed by atoms with Gasteiger partial charge in [0.2, 0.25) is 0 Å². The molecule has 0 unspecified atom stereocenters. The molecule has 1 aromatic carbocycles. The van der Waals surface area contributed by atoms with Crippen molar-refractivity contribution in [3.8, 4) is 0 Å². The Bertz CT molecular complexity index is 1040. The van der Waals surface area contributed by atoms with Gasteiger partial charge in [0.15, 0.2) is 0 Å². The van der Waals surface area contributed by atoms with Crippen LogP contribution in [0.1, 0.15) is 18.3 Å². The second-order valence-electron chi connectivity index (χ2n) is 6.85. The Morgan fingerprint density at radius 2 is 2.03 bits per heavy atom. The van der Waals surface area contributed by atoms with E-state index >= 15 is 0 Å². The number of nitrogens with zero attached hydrogens (tertiary/aromatic N) is 3. The quantitative estimate of drug-likeness (QED) is 0.513. The number of hydrogen-bond donors (Lipinski definition) is 3. The lowest BCUT2D eigenvalue weighted by Gasteiger charge is -2.10. The Labute approximate surface area is 171 Å². The predicted octanol–water partition coefficient (Wildman–Crippen LogP) is 3.64. The van der Waals surface area contributed by atoms with Crippen molar-refractivity contribution >= 4 is 16.9 Å². The van der Waals surface area contributed by atoms with Crippen molar-refractivity contribution in [3.63, 3.8) is 0 Å². The first kappa shape index (κ1) is 20.2. The number of hydrogen-bond acceptors (Lipinski definition) is 5. The third kappa shape index (κ3) is 5.04. The number of nitrogens with two attached hydrogens (primary N) is 1. The fourth-order valence-corrected chi connectivity index (χ4v) is 3.16. The lowest BCUT2D eigenvalue weighted by Crippen LogP contribution is -2.07. The molecular formula is C23H28N6. The van der Waals surface area contributed by atoms with Gasteiger partial charge in [0.25, 0.3) is 0 Å². The van der Waals surface area contributed by atoms with E-state index in [-0.39, 0.29) is 0 Å². The highest BCUT2D eigenvalue weighted by atomic mass is 15.1. The van der Waals surface area contributed by atoms with E-state index in [0.29, 0.717) is 6.54 Å². The van der Waals surface area contributed by atoms with Crippen molar-refractivity contribution in [3.05, 3.63) is 89.7 Å². The van der Waals surface area contributed by atoms with Gasteiger partial charge in [-0.25, -0.2) is 9.97 Å². The molecule has 0 aliphatic carbocycles. The zero-order valence-corrected chi connectivity index (χ0v) is 17.2. The lowest BCUT2D eigenvalue weighted by atomic mass is 10.0. The minimum atomic E-state index is 0.621. The number of rotatable bonds is 8. The highest BCUT2D eigenvalue weighted by molar-refractivity contribution is 5.75. The summed E-state index contributed by atoms with van der Waals surface area (Å²) in [5, 5.41) is 6.47. The third-order valence-corrected chi connectivity index (χ3v) is 4.81. The molecule has 0 aliphatic heterocycles. The van der Waals surface area contributed by atoms with Gasteiger partial charge in [0, 0.05) is 32.9 Å². The average molecular weight is 389 g/mol. The fourth-order valence-electron chi connectivity index (χ4n) is 3.16. The van der Waals surface area contributed by atoms with E-state index < -0.39 is 0 Å². The van der Waals surface area contributed by atoms with Crippen molar-refractivity contribution < 1.29 is 0 Å². The summed E-state index contributed by atoms with van der Waals surface area (Å²) in [7, 11) is 3.94. The summed E-state index contributed by atoms with van der Waals surface area (Å²) in [5.74, 6) is 1.81. The molecule has 0 aliphatic rings. The van der Waals surface area contributed by atoms with E-state index in [0.717, 1.165) is 40.2 Å². The monoisotopic (exact) mass is 388 g/mol. The molecule has 6 nitrogen and oxygen atoms in total. The van der Waals surface area contributed by atoms with Crippen LogP contribution < -0.4 is 16.4 Å². The van der Waals surface area contributed by atoms with E-state index in [1.165, 1.54) is 11.8 Å². The summed E-state index contributed by atoms with van der Waals surface area (Å²) in [4.78, 5) is 9.25. The first-order valence-corrected chi connectivity index (χ1v) is 9.63. The maximum Gasteiger partial charge on any atom is 0.129 e. The Morgan fingerprint density at radius 3 is 2.72 bits per heavy atom. The molecule has 3 rings (SSSR count). The molecule has 0 spiro atoms. The Morgan fingerprint density at radius 1 is 1.21 bits per heavy atom. The molecule has 2 aromatic heterocycles. The van der Waals surface area contributed by atoms with Gasteiger partial charge in [-0.2, -0.15) is 0 Å². The number of benzene rings is 1. The predicted molar refractivity (Wildman–Crippen MR) is 120 cm³/mol. The van der Waals surface area contributed by atoms with Crippen LogP contribution in [0.25, 0.3) is 11.0 Å². The summed E-state index contributed by atoms with van der Waals surface area (Å²) < 4.78 is 2.11. The highest BCUT2D eigenvalue weighted by Crippen LogP contribution is 2.18. The summed E-state index contributed by atoms with van der Waals surface area (Å²) >= 11 is 0. The first-order chi connectivity index (χ1) is 14.1. The van der Waals surface area contributed by atoms with Crippen molar-refractivity contribution in [1.29, 1.82) is 0 Å². The smallest absolute Gasteiger partial charge is 0.129 e. The van der Waals surface area contributed by atoms with Gasteiger partial charge in [-0.15, -0.1) is 0 Å². The topological polar surface area (TPSA) is 80.8 Å². The highest BCUT2D eigenvalue weighted by Gasteiger charge is 2.07. The zero-order chi connectivity index (χ0) is 20.6. The van der Waals surface area contributed by atoms with Crippen LogP contribution in [0.15, 0.2) is 78.3 Å². The largest absolute Gasteiger partial charge is 0.405 e. The minimum absolute atomic E-state index is 0.621. The second kappa shape index (κ2) is 9.59. The number of para-hydroxylation sites is 2. The molecule has 4 N–H and O–H groups in total. The molecule has 0 saturated carbocycles. The van der Waals surface area contributed by atoms with Crippen molar-refractivity contribution in [2.24, 2.45) is 12.8 Å². The molecule has 0 saturated heterocycles. The molecule has 3 aromatic rings. The van der Waals surface area contributed by atoms with Gasteiger partial charge >= 0.3 is 0 Å². The number of allylic oxidation sites excluding steroid dienone is 4. The van der Waals surface area contributed by atoms with Gasteiger partial charge in [0.05, 0.1) is 17.6 Å². The van der Waals surface area contributed by atoms with Gasteiger partial charge in [-0.1, -0.05) is 24.3 Å². The van der Waals surface area contributed by atoms with E-state index in [9.17, 15) is 0 Å². The Hall–Kier alpha value is -3.54. The van der Waals surface area contributed by atoms with E-state index in [1.807, 2.05) is 62.9 Å². The molecular weight excluding hydrogens is 360 g/mol. The van der Waals surface area contributed by atoms with Gasteiger partial charge in [0.1, 0.15) is 11.6 Å². The van der Waals surface area contributed by atoms with Crippen LogP contribution in [0.5, 0.6) is 0 Å². The fraction of sp³-hybridized carbons (Fsp3) is 0.217. The van der Waals surface area contributed by atoms with Crippen LogP contribution in [-0.4, -0.2) is 21.6 Å². The maximum atomic E-state index is 5.44. The summed E-state index contributed by atoms with van der Waals surface area (Å²) in [6.07, 6.45) is 10.1. The SMILES string of the molecule is CN\C=C(Cc1ccc(NCc2nc3ccccc3n2C)nc1)/C(C)=C/C=C\N. The van der Waals surface area contributed by atoms with Crippen LogP contribution in [-0.2, 0) is 20.0 Å². The molecule has 29 heavy (non-hydrogen) atoms. The Kier molecular flexibility index (Phi) is 6.68. The molecule has 2 heterocycles. The molecule has 6 heteroatoms. The summed E-state index contributed by atoms with van der Waals surface area (Å²) in [6.45, 7) is 2.69. The minimum Gasteiger partial charge on any atom is -0.405 e. The van der Waals surface area contributed by atoms with E-state index in [4.69, 9.17) is 5.73 Å². The van der Waals surface area contributed by atoms with Crippen LogP contribution >= 0.6 is 0 Å². The normalized spacial score (nSPS) is 12.7. The van der Waals surface area contributed by atoms with E-state index in [2.05, 4.69) is 44.2 Å². The number of nitrogens with one attached hydrogen (secondary N) is 2. The van der Waals surface area contributed by atoms with Crippen LogP contribution in [0.2, 0.25) is 0 Å². The second-order valence-corrected chi connectivity index (χ2v) is 6.85. The van der Waals surface area contributed by atoms with Crippen molar-refractivity contribution in [1.82, 2.24) is 19.9 Å². The number of aromatic nitrogens is 3. The maximum absolute atomic E-state index is 5.44. The summed E-state index contributed by atoms with van der Waals surface area (Å²) in [5.41, 5.74) is 11.1. The number of pyridine rings is 1. The molecule has 0 bridgehead atoms. The first-order valence-electron chi connectivity index (χ1n) is 9.63. The lowest BCUT2D eigenvalue weighted by molar-refractivity contribution is 0.832. The third-order valence-electron chi connectivity index (χ3n) is 4.81. The van der Waals surface area contributed by atoms with Crippen LogP contribution in [0.4, 0.5) is 5.82 Å². The van der Waals surface area contributed by atoms with Crippen LogP contribution in [0.3, 0.4) is 0 Å². The average Bonchev–Trinajstić information content (AvgIpc) is 3.07. The molecule has 0 amide bonds. The molecule has 150 valence electrons. The van der Waals surface area contributed by atoms with Crippen molar-refractivity contribution in [2.45, 2.75) is 19.9 Å². The van der Waals surface area contributed by atoms with Crippen molar-refractivity contribution in [2.75, 3.05) is 12.4 Å². The standard InChI is InChI=1S/C23H28N6/c1-17(7-6-12-24)19(15-25-2)13-18-10-11-22(26-14-18)27-16-23-28-20-8-4-5-9-21(20)29(23)3/h4-12,14-15,25H,13,16,24H2,1-3H3,(H,26,27)/b12-6-,17-7+,19-15-. The number of imidazole rings is 1.